The molecule has 2 aromatic carbocycles. The molecule has 5 heteroatoms. The number of benzene rings is 2. The maximum atomic E-state index is 12.6. The second kappa shape index (κ2) is 6.70. The molecule has 0 amide bonds. The number of para-hydroxylation sites is 1. The van der Waals surface area contributed by atoms with Crippen LogP contribution in [-0.2, 0) is 11.3 Å². The van der Waals surface area contributed by atoms with Gasteiger partial charge in [0.15, 0.2) is 11.3 Å². The third kappa shape index (κ3) is 3.04. The van der Waals surface area contributed by atoms with E-state index in [1.807, 2.05) is 42.5 Å². The second-order valence-corrected chi connectivity index (χ2v) is 6.13. The summed E-state index contributed by atoms with van der Waals surface area (Å²) in [5.41, 5.74) is 9.26. The Bertz CT molecular complexity index is 941. The molecule has 0 unspecified atom stereocenters. The van der Waals surface area contributed by atoms with E-state index in [1.54, 1.807) is 6.07 Å². The lowest BCUT2D eigenvalue weighted by Gasteiger charge is -2.27. The molecule has 128 valence electrons. The summed E-state index contributed by atoms with van der Waals surface area (Å²) in [6.45, 7) is 3.24. The lowest BCUT2D eigenvalue weighted by atomic mass is 10.0. The SMILES string of the molecule is NCc1ccc(-c2cccc3c(=O)cc(N4CCOCC4)oc23)cc1. The quantitative estimate of drug-likeness (QED) is 0.796. The van der Waals surface area contributed by atoms with Gasteiger partial charge in [-0.3, -0.25) is 4.79 Å². The van der Waals surface area contributed by atoms with E-state index in [2.05, 4.69) is 4.90 Å². The molecule has 1 aromatic heterocycles. The minimum absolute atomic E-state index is 0.0248. The molecule has 1 saturated heterocycles. The lowest BCUT2D eigenvalue weighted by molar-refractivity contribution is 0.121. The summed E-state index contributed by atoms with van der Waals surface area (Å²) in [4.78, 5) is 14.6. The van der Waals surface area contributed by atoms with Crippen molar-refractivity contribution in [2.24, 2.45) is 5.73 Å². The minimum atomic E-state index is -0.0248. The van der Waals surface area contributed by atoms with Crippen molar-refractivity contribution in [3.05, 3.63) is 64.3 Å². The van der Waals surface area contributed by atoms with Crippen LogP contribution in [0.5, 0.6) is 0 Å². The van der Waals surface area contributed by atoms with Gasteiger partial charge < -0.3 is 19.8 Å². The molecule has 25 heavy (non-hydrogen) atoms. The summed E-state index contributed by atoms with van der Waals surface area (Å²) < 4.78 is 11.6. The maximum absolute atomic E-state index is 12.6. The van der Waals surface area contributed by atoms with Crippen LogP contribution >= 0.6 is 0 Å². The number of nitrogens with zero attached hydrogens (tertiary/aromatic N) is 1. The zero-order valence-corrected chi connectivity index (χ0v) is 13.9. The van der Waals surface area contributed by atoms with Crippen LogP contribution in [0.4, 0.5) is 5.88 Å². The smallest absolute Gasteiger partial charge is 0.200 e. The number of rotatable bonds is 3. The summed E-state index contributed by atoms with van der Waals surface area (Å²) in [5.74, 6) is 0.604. The van der Waals surface area contributed by atoms with Gasteiger partial charge >= 0.3 is 0 Å². The van der Waals surface area contributed by atoms with Crippen molar-refractivity contribution in [2.45, 2.75) is 6.54 Å². The van der Waals surface area contributed by atoms with Crippen molar-refractivity contribution >= 4 is 16.9 Å². The highest BCUT2D eigenvalue weighted by Gasteiger charge is 2.17. The highest BCUT2D eigenvalue weighted by atomic mass is 16.5. The van der Waals surface area contributed by atoms with E-state index in [-0.39, 0.29) is 5.43 Å². The highest BCUT2D eigenvalue weighted by Crippen LogP contribution is 2.30. The number of anilines is 1. The van der Waals surface area contributed by atoms with Gasteiger partial charge in [0.05, 0.1) is 18.6 Å². The van der Waals surface area contributed by atoms with Gasteiger partial charge in [0.1, 0.15) is 5.58 Å². The van der Waals surface area contributed by atoms with E-state index in [0.717, 1.165) is 29.8 Å². The molecule has 0 atom stereocenters. The van der Waals surface area contributed by atoms with E-state index in [0.29, 0.717) is 36.6 Å². The first-order valence-corrected chi connectivity index (χ1v) is 8.45. The Morgan fingerprint density at radius 1 is 1.04 bits per heavy atom. The van der Waals surface area contributed by atoms with Crippen LogP contribution in [0.2, 0.25) is 0 Å². The molecule has 1 aliphatic rings. The van der Waals surface area contributed by atoms with Crippen molar-refractivity contribution < 1.29 is 9.15 Å². The van der Waals surface area contributed by atoms with Gasteiger partial charge in [-0.05, 0) is 17.2 Å². The van der Waals surface area contributed by atoms with Crippen LogP contribution in [-0.4, -0.2) is 26.3 Å². The number of nitrogens with two attached hydrogens (primary N) is 1. The third-order valence-electron chi connectivity index (χ3n) is 4.57. The van der Waals surface area contributed by atoms with Gasteiger partial charge in [0, 0.05) is 31.3 Å². The van der Waals surface area contributed by atoms with Gasteiger partial charge in [-0.25, -0.2) is 0 Å². The van der Waals surface area contributed by atoms with E-state index in [9.17, 15) is 4.79 Å². The Balaban J connectivity index is 1.86. The summed E-state index contributed by atoms with van der Waals surface area (Å²) in [7, 11) is 0. The van der Waals surface area contributed by atoms with Gasteiger partial charge in [-0.15, -0.1) is 0 Å². The van der Waals surface area contributed by atoms with Gasteiger partial charge in [0.2, 0.25) is 0 Å². The Hall–Kier alpha value is -2.63. The Morgan fingerprint density at radius 2 is 1.80 bits per heavy atom. The average molecular weight is 336 g/mol. The molecular formula is C20H20N2O3. The number of ether oxygens (including phenoxy) is 1. The molecule has 1 fully saturated rings. The molecular weight excluding hydrogens is 316 g/mol. The summed E-state index contributed by atoms with van der Waals surface area (Å²) in [6, 6.07) is 15.3. The van der Waals surface area contributed by atoms with E-state index < -0.39 is 0 Å². The van der Waals surface area contributed by atoms with E-state index in [4.69, 9.17) is 14.9 Å². The van der Waals surface area contributed by atoms with Gasteiger partial charge in [-0.2, -0.15) is 0 Å². The van der Waals surface area contributed by atoms with Crippen LogP contribution in [0.3, 0.4) is 0 Å². The zero-order valence-electron chi connectivity index (χ0n) is 13.9. The fourth-order valence-electron chi connectivity index (χ4n) is 3.15. The first-order chi connectivity index (χ1) is 12.3. The summed E-state index contributed by atoms with van der Waals surface area (Å²) in [5, 5.41) is 0.595. The first kappa shape index (κ1) is 15.9. The van der Waals surface area contributed by atoms with Crippen LogP contribution in [0, 0.1) is 0 Å². The Labute approximate surface area is 145 Å². The highest BCUT2D eigenvalue weighted by molar-refractivity contribution is 5.92. The number of fused-ring (bicyclic) bond motifs is 1. The topological polar surface area (TPSA) is 68.7 Å². The van der Waals surface area contributed by atoms with Gasteiger partial charge in [0.25, 0.3) is 0 Å². The predicted molar refractivity (Wildman–Crippen MR) is 98.8 cm³/mol. The van der Waals surface area contributed by atoms with Crippen molar-refractivity contribution in [3.63, 3.8) is 0 Å². The van der Waals surface area contributed by atoms with Crippen LogP contribution in [0.15, 0.2) is 57.7 Å². The van der Waals surface area contributed by atoms with Crippen molar-refractivity contribution in [3.8, 4) is 11.1 Å². The molecule has 2 heterocycles. The average Bonchev–Trinajstić information content (AvgIpc) is 2.68. The fraction of sp³-hybridized carbons (Fsp3) is 0.250. The van der Waals surface area contributed by atoms with Crippen LogP contribution < -0.4 is 16.1 Å². The lowest BCUT2D eigenvalue weighted by Crippen LogP contribution is -2.36. The Kier molecular flexibility index (Phi) is 4.26. The molecule has 1 aliphatic heterocycles. The maximum Gasteiger partial charge on any atom is 0.200 e. The number of hydrogen-bond donors (Lipinski definition) is 1. The van der Waals surface area contributed by atoms with Crippen molar-refractivity contribution in [1.82, 2.24) is 0 Å². The molecule has 0 spiro atoms. The molecule has 0 bridgehead atoms. The molecule has 4 rings (SSSR count). The predicted octanol–water partition coefficient (Wildman–Crippen LogP) is 2.76. The summed E-state index contributed by atoms with van der Waals surface area (Å²) >= 11 is 0. The fourth-order valence-corrected chi connectivity index (χ4v) is 3.15. The summed E-state index contributed by atoms with van der Waals surface area (Å²) in [6.07, 6.45) is 0. The molecule has 0 radical (unpaired) electrons. The first-order valence-electron chi connectivity index (χ1n) is 8.45. The standard InChI is InChI=1S/C20H20N2O3/c21-13-14-4-6-15(7-5-14)16-2-1-3-17-18(23)12-19(25-20(16)17)22-8-10-24-11-9-22/h1-7,12H,8-11,13,21H2. The number of morpholine rings is 1. The van der Waals surface area contributed by atoms with Crippen molar-refractivity contribution in [1.29, 1.82) is 0 Å². The minimum Gasteiger partial charge on any atom is -0.440 e. The third-order valence-corrected chi connectivity index (χ3v) is 4.57. The van der Waals surface area contributed by atoms with Crippen molar-refractivity contribution in [2.75, 3.05) is 31.2 Å². The number of hydrogen-bond acceptors (Lipinski definition) is 5. The molecule has 3 aromatic rings. The molecule has 0 saturated carbocycles. The van der Waals surface area contributed by atoms with E-state index in [1.165, 1.54) is 0 Å². The molecule has 0 aliphatic carbocycles. The monoisotopic (exact) mass is 336 g/mol. The molecule has 2 N–H and O–H groups in total. The largest absolute Gasteiger partial charge is 0.440 e. The second-order valence-electron chi connectivity index (χ2n) is 6.13. The molecule has 5 nitrogen and oxygen atoms in total. The van der Waals surface area contributed by atoms with E-state index >= 15 is 0 Å². The van der Waals surface area contributed by atoms with Crippen LogP contribution in [0.1, 0.15) is 5.56 Å². The Morgan fingerprint density at radius 3 is 2.52 bits per heavy atom. The normalized spacial score (nSPS) is 14.8. The van der Waals surface area contributed by atoms with Crippen LogP contribution in [0.25, 0.3) is 22.1 Å². The van der Waals surface area contributed by atoms with Gasteiger partial charge in [-0.1, -0.05) is 36.4 Å². The zero-order chi connectivity index (χ0) is 17.2.